The SMILES string of the molecule is COC(=O)C12CCCC3CC1CC(C14CC5CC(C(=O)N6CCCC6)CC(C1)C(C5)C4)(C3)C2. The van der Waals surface area contributed by atoms with Crippen LogP contribution in [0.3, 0.4) is 0 Å². The number of esters is 1. The second-order valence-electron chi connectivity index (χ2n) is 13.9. The fourth-order valence-electron chi connectivity index (χ4n) is 11.7. The number of nitrogens with zero attached hydrogens (tertiary/aromatic N) is 1. The Morgan fingerprint density at radius 1 is 0.818 bits per heavy atom. The molecule has 6 bridgehead atoms. The summed E-state index contributed by atoms with van der Waals surface area (Å²) in [5, 5.41) is 0. The molecule has 1 saturated heterocycles. The highest BCUT2D eigenvalue weighted by Gasteiger charge is 2.71. The van der Waals surface area contributed by atoms with Gasteiger partial charge in [-0.3, -0.25) is 9.59 Å². The highest BCUT2D eigenvalue weighted by atomic mass is 16.5. The van der Waals surface area contributed by atoms with E-state index >= 15 is 0 Å². The van der Waals surface area contributed by atoms with Crippen LogP contribution in [0.4, 0.5) is 0 Å². The van der Waals surface area contributed by atoms with Gasteiger partial charge in [-0.05, 0) is 124 Å². The third-order valence-corrected chi connectivity index (χ3v) is 12.6. The molecule has 9 unspecified atom stereocenters. The maximum absolute atomic E-state index is 13.4. The molecule has 0 aromatic carbocycles. The van der Waals surface area contributed by atoms with Crippen LogP contribution in [-0.4, -0.2) is 37.0 Å². The molecule has 7 rings (SSSR count). The summed E-state index contributed by atoms with van der Waals surface area (Å²) in [5.74, 6) is 4.62. The van der Waals surface area contributed by atoms with E-state index in [1.807, 2.05) is 0 Å². The maximum atomic E-state index is 13.4. The van der Waals surface area contributed by atoms with Crippen LogP contribution in [0.15, 0.2) is 0 Å². The first kappa shape index (κ1) is 21.2. The number of hydrogen-bond donors (Lipinski definition) is 0. The molecule has 0 spiro atoms. The zero-order chi connectivity index (χ0) is 22.4. The van der Waals surface area contributed by atoms with Crippen molar-refractivity contribution in [2.24, 2.45) is 51.8 Å². The molecule has 1 heterocycles. The van der Waals surface area contributed by atoms with Crippen LogP contribution in [0.25, 0.3) is 0 Å². The number of fused-ring (bicyclic) bond motifs is 5. The molecule has 182 valence electrons. The normalized spacial score (nSPS) is 52.1. The van der Waals surface area contributed by atoms with Crippen molar-refractivity contribution < 1.29 is 14.3 Å². The Labute approximate surface area is 199 Å². The second-order valence-corrected chi connectivity index (χ2v) is 13.9. The molecule has 6 saturated carbocycles. The van der Waals surface area contributed by atoms with Gasteiger partial charge in [-0.25, -0.2) is 0 Å². The molecule has 0 aromatic rings. The molecular weight excluding hydrogens is 410 g/mol. The molecule has 7 fully saturated rings. The van der Waals surface area contributed by atoms with Crippen LogP contribution >= 0.6 is 0 Å². The fourth-order valence-corrected chi connectivity index (χ4v) is 11.7. The Morgan fingerprint density at radius 2 is 1.58 bits per heavy atom. The number of carbonyl (C=O) groups excluding carboxylic acids is 2. The van der Waals surface area contributed by atoms with Gasteiger partial charge >= 0.3 is 5.97 Å². The average Bonchev–Trinajstić information content (AvgIpc) is 3.43. The van der Waals surface area contributed by atoms with Crippen molar-refractivity contribution in [3.05, 3.63) is 0 Å². The number of amides is 1. The molecule has 1 aliphatic heterocycles. The third kappa shape index (κ3) is 2.87. The van der Waals surface area contributed by atoms with E-state index in [1.165, 1.54) is 70.6 Å². The van der Waals surface area contributed by atoms with Crippen LogP contribution in [0, 0.1) is 51.8 Å². The zero-order valence-corrected chi connectivity index (χ0v) is 20.7. The summed E-state index contributed by atoms with van der Waals surface area (Å²) in [6.45, 7) is 2.00. The van der Waals surface area contributed by atoms with Gasteiger partial charge in [0.25, 0.3) is 0 Å². The van der Waals surface area contributed by atoms with Gasteiger partial charge in [-0.2, -0.15) is 0 Å². The van der Waals surface area contributed by atoms with Gasteiger partial charge in [0.15, 0.2) is 0 Å². The molecular formula is C29H43NO3. The van der Waals surface area contributed by atoms with Crippen molar-refractivity contribution in [1.29, 1.82) is 0 Å². The van der Waals surface area contributed by atoms with Crippen LogP contribution in [-0.2, 0) is 14.3 Å². The maximum Gasteiger partial charge on any atom is 0.312 e. The smallest absolute Gasteiger partial charge is 0.312 e. The topological polar surface area (TPSA) is 46.6 Å². The van der Waals surface area contributed by atoms with Gasteiger partial charge < -0.3 is 9.64 Å². The van der Waals surface area contributed by atoms with Crippen molar-refractivity contribution in [1.82, 2.24) is 4.90 Å². The van der Waals surface area contributed by atoms with E-state index < -0.39 is 0 Å². The van der Waals surface area contributed by atoms with Gasteiger partial charge in [0.1, 0.15) is 0 Å². The van der Waals surface area contributed by atoms with Crippen LogP contribution in [0.2, 0.25) is 0 Å². The molecule has 6 aliphatic carbocycles. The summed E-state index contributed by atoms with van der Waals surface area (Å²) in [6.07, 6.45) is 18.9. The van der Waals surface area contributed by atoms with Crippen LogP contribution in [0.5, 0.6) is 0 Å². The summed E-state index contributed by atoms with van der Waals surface area (Å²) < 4.78 is 5.51. The van der Waals surface area contributed by atoms with Gasteiger partial charge in [0.05, 0.1) is 12.5 Å². The number of carbonyl (C=O) groups is 2. The van der Waals surface area contributed by atoms with Gasteiger partial charge in [0.2, 0.25) is 5.91 Å². The lowest BCUT2D eigenvalue weighted by Crippen LogP contribution is -2.46. The fraction of sp³-hybridized carbons (Fsp3) is 0.931. The predicted molar refractivity (Wildman–Crippen MR) is 126 cm³/mol. The van der Waals surface area contributed by atoms with Crippen molar-refractivity contribution >= 4 is 11.9 Å². The largest absolute Gasteiger partial charge is 0.469 e. The molecule has 7 aliphatic rings. The lowest BCUT2D eigenvalue weighted by molar-refractivity contribution is -0.156. The van der Waals surface area contributed by atoms with Gasteiger partial charge in [-0.15, -0.1) is 0 Å². The average molecular weight is 454 g/mol. The number of methoxy groups -OCH3 is 1. The van der Waals surface area contributed by atoms with E-state index in [0.29, 0.717) is 28.6 Å². The lowest BCUT2D eigenvalue weighted by Gasteiger charge is -2.55. The minimum absolute atomic E-state index is 0.121. The summed E-state index contributed by atoms with van der Waals surface area (Å²) in [7, 11) is 1.63. The molecule has 0 aromatic heterocycles. The second kappa shape index (κ2) is 7.23. The summed E-state index contributed by atoms with van der Waals surface area (Å²) >= 11 is 0. The van der Waals surface area contributed by atoms with Crippen molar-refractivity contribution in [2.45, 2.75) is 96.3 Å². The quantitative estimate of drug-likeness (QED) is 0.523. The third-order valence-electron chi connectivity index (χ3n) is 12.6. The highest BCUT2D eigenvalue weighted by Crippen LogP contribution is 2.78. The summed E-state index contributed by atoms with van der Waals surface area (Å²) in [4.78, 5) is 28.8. The molecule has 33 heavy (non-hydrogen) atoms. The number of ether oxygens (including phenoxy) is 1. The van der Waals surface area contributed by atoms with Crippen molar-refractivity contribution in [3.63, 3.8) is 0 Å². The van der Waals surface area contributed by atoms with E-state index in [-0.39, 0.29) is 11.4 Å². The first-order chi connectivity index (χ1) is 16.0. The monoisotopic (exact) mass is 453 g/mol. The van der Waals surface area contributed by atoms with Crippen LogP contribution in [0.1, 0.15) is 96.3 Å². The predicted octanol–water partition coefficient (Wildman–Crippen LogP) is 5.59. The Bertz CT molecular complexity index is 846. The molecule has 4 nitrogen and oxygen atoms in total. The first-order valence-electron chi connectivity index (χ1n) is 14.3. The Balaban J connectivity index is 1.20. The number of likely N-dealkylation sites (tertiary alicyclic amines) is 1. The molecule has 4 heteroatoms. The van der Waals surface area contributed by atoms with E-state index in [4.69, 9.17) is 4.74 Å². The number of hydrogen-bond acceptors (Lipinski definition) is 3. The minimum Gasteiger partial charge on any atom is -0.469 e. The molecule has 0 radical (unpaired) electrons. The van der Waals surface area contributed by atoms with Gasteiger partial charge in [-0.1, -0.05) is 12.8 Å². The Hall–Kier alpha value is -1.06. The first-order valence-corrected chi connectivity index (χ1v) is 14.3. The number of rotatable bonds is 3. The molecule has 0 N–H and O–H groups in total. The van der Waals surface area contributed by atoms with Gasteiger partial charge in [0, 0.05) is 19.0 Å². The van der Waals surface area contributed by atoms with E-state index in [0.717, 1.165) is 62.4 Å². The van der Waals surface area contributed by atoms with Crippen LogP contribution < -0.4 is 0 Å². The summed E-state index contributed by atoms with van der Waals surface area (Å²) in [6, 6.07) is 0. The van der Waals surface area contributed by atoms with E-state index in [9.17, 15) is 9.59 Å². The van der Waals surface area contributed by atoms with E-state index in [2.05, 4.69) is 4.90 Å². The standard InChI is InChI=1S/C29H43NO3/c1-33-26(32)29-6-4-5-19-11-24(29)17-28(13-19,18-29)27-14-20-9-21(25(31)30-7-2-3-8-30)12-23(16-27)22(10-20)15-27/h19-24H,2-18H2,1H3. The lowest BCUT2D eigenvalue weighted by atomic mass is 9.50. The molecule has 9 atom stereocenters. The minimum atomic E-state index is -0.187. The highest BCUT2D eigenvalue weighted by molar-refractivity contribution is 5.79. The zero-order valence-electron chi connectivity index (χ0n) is 20.7. The Kier molecular flexibility index (Phi) is 4.65. The molecule has 1 amide bonds. The van der Waals surface area contributed by atoms with Crippen molar-refractivity contribution in [3.8, 4) is 0 Å². The van der Waals surface area contributed by atoms with Crippen molar-refractivity contribution in [2.75, 3.05) is 20.2 Å². The van der Waals surface area contributed by atoms with E-state index in [1.54, 1.807) is 7.11 Å². The summed E-state index contributed by atoms with van der Waals surface area (Å²) in [5.41, 5.74) is 0.622. The Morgan fingerprint density at radius 3 is 2.36 bits per heavy atom.